The van der Waals surface area contributed by atoms with Gasteiger partial charge in [0.25, 0.3) is 0 Å². The Labute approximate surface area is 695 Å². The van der Waals surface area contributed by atoms with E-state index in [9.17, 15) is 0 Å². The quantitative estimate of drug-likeness (QED) is 0.144. The van der Waals surface area contributed by atoms with E-state index in [0.717, 1.165) is 19.3 Å². The summed E-state index contributed by atoms with van der Waals surface area (Å²) in [5.41, 5.74) is 87.9. The van der Waals surface area contributed by atoms with Crippen molar-refractivity contribution in [1.82, 2.24) is 13.2 Å². The highest BCUT2D eigenvalue weighted by Crippen LogP contribution is 2.59. The minimum absolute atomic E-state index is 1.04. The average molecular weight is 1540 g/mol. The molecule has 3 aliphatic carbocycles. The van der Waals surface area contributed by atoms with Gasteiger partial charge in [0.15, 0.2) is 0 Å². The third-order valence-corrected chi connectivity index (χ3v) is 35.1. The third kappa shape index (κ3) is 8.76. The number of aromatic nitrogens is 3. The Bertz CT molecular complexity index is 7800. The molecule has 21 rings (SSSR count). The van der Waals surface area contributed by atoms with Crippen molar-refractivity contribution in [2.45, 2.75) is 289 Å². The Morgan fingerprint density at radius 1 is 0.103 bits per heavy atom. The standard InChI is InChI=1S/3C38H41N/c1-15-16(2)21(7)30-28(20(15)6)14-29-31(30)25(11)27(13)37-35(29)34-24(10)19(5)23(9)33-32-22(8)17(3)18(4)26(12)36(32)39(37)38(33)34;1-15-16(2)21(7)30-28(20(15)6)14-29-26(12)37-35(27(13)31(29)30)34-24(10)19(5)23(9)33-32-22(8)17(3)18(4)25(11)36(32)39(37)38(33)34;1-15-16(2)21(7)30-28(20(15)6)14-29-26(12)35-34-24(10)19(5)23(9)33-32-22(8)17(3)18(4)25(11)36(32)39(38(33)34)37(35)27(13)31(29)30/h3*14H2,1-13H3. The number of benzene rings is 12. The minimum atomic E-state index is 1.04. The molecule has 0 unspecified atom stereocenters. The molecular formula is C114H123N3. The van der Waals surface area contributed by atoms with Crippen LogP contribution in [0.25, 0.3) is 148 Å². The van der Waals surface area contributed by atoms with E-state index in [1.54, 1.807) is 33.4 Å². The molecule has 0 radical (unpaired) electrons. The summed E-state index contributed by atoms with van der Waals surface area (Å²) < 4.78 is 8.10. The fourth-order valence-corrected chi connectivity index (χ4v) is 25.4. The van der Waals surface area contributed by atoms with Crippen LogP contribution in [0, 0.1) is 270 Å². The summed E-state index contributed by atoms with van der Waals surface area (Å²) >= 11 is 0. The van der Waals surface area contributed by atoms with Gasteiger partial charge in [-0.1, -0.05) is 0 Å². The average Bonchev–Trinajstić information content (AvgIpc) is 1.51. The van der Waals surface area contributed by atoms with Gasteiger partial charge in [0, 0.05) is 64.6 Å². The molecule has 0 N–H and O–H groups in total. The van der Waals surface area contributed by atoms with Crippen molar-refractivity contribution < 1.29 is 0 Å². The first-order valence-electron chi connectivity index (χ1n) is 43.9. The smallest absolute Gasteiger partial charge is 0.0626 e. The highest BCUT2D eigenvalue weighted by atomic mass is 14.9. The van der Waals surface area contributed by atoms with Gasteiger partial charge in [-0.25, -0.2) is 0 Å². The molecule has 0 saturated heterocycles. The highest BCUT2D eigenvalue weighted by molar-refractivity contribution is 6.32. The van der Waals surface area contributed by atoms with Gasteiger partial charge in [-0.15, -0.1) is 0 Å². The van der Waals surface area contributed by atoms with Crippen molar-refractivity contribution in [3.05, 3.63) is 250 Å². The lowest BCUT2D eigenvalue weighted by atomic mass is 9.85. The Kier molecular flexibility index (Phi) is 16.2. The van der Waals surface area contributed by atoms with Crippen molar-refractivity contribution in [3.63, 3.8) is 0 Å². The second-order valence-corrected chi connectivity index (χ2v) is 38.7. The van der Waals surface area contributed by atoms with Crippen LogP contribution < -0.4 is 0 Å². The van der Waals surface area contributed by atoms with Gasteiger partial charge in [0.2, 0.25) is 0 Å². The van der Waals surface area contributed by atoms with Crippen LogP contribution in [0.3, 0.4) is 0 Å². The fourth-order valence-electron chi connectivity index (χ4n) is 25.4. The summed E-state index contributed by atoms with van der Waals surface area (Å²) in [6, 6.07) is 0. The summed E-state index contributed by atoms with van der Waals surface area (Å²) in [6.07, 6.45) is 3.14. The largest absolute Gasteiger partial charge is 0.307 e. The zero-order valence-electron chi connectivity index (χ0n) is 78.5. The van der Waals surface area contributed by atoms with Crippen LogP contribution >= 0.6 is 0 Å². The summed E-state index contributed by atoms with van der Waals surface area (Å²) in [5, 5.41) is 17.7. The molecule has 3 nitrogen and oxygen atoms in total. The third-order valence-electron chi connectivity index (χ3n) is 35.1. The number of fused-ring (bicyclic) bond motifs is 28. The molecule has 3 heteroatoms. The molecule has 12 aromatic carbocycles. The Morgan fingerprint density at radius 2 is 0.256 bits per heavy atom. The number of hydrogen-bond donors (Lipinski definition) is 0. The minimum Gasteiger partial charge on any atom is -0.307 e. The molecule has 0 saturated carbocycles. The van der Waals surface area contributed by atoms with Gasteiger partial charge < -0.3 is 13.2 Å². The van der Waals surface area contributed by atoms with Crippen LogP contribution in [0.4, 0.5) is 0 Å². The van der Waals surface area contributed by atoms with Crippen molar-refractivity contribution in [3.8, 4) is 33.4 Å². The van der Waals surface area contributed by atoms with Crippen molar-refractivity contribution in [1.29, 1.82) is 0 Å². The lowest BCUT2D eigenvalue weighted by molar-refractivity contribution is 1.14. The van der Waals surface area contributed by atoms with Gasteiger partial charge in [0.1, 0.15) is 0 Å². The molecule has 18 aromatic rings. The van der Waals surface area contributed by atoms with E-state index in [-0.39, 0.29) is 0 Å². The maximum atomic E-state index is 2.70. The van der Waals surface area contributed by atoms with Gasteiger partial charge >= 0.3 is 0 Å². The predicted octanol–water partition coefficient (Wildman–Crippen LogP) is 31.3. The summed E-state index contributed by atoms with van der Waals surface area (Å²) in [5.74, 6) is 0. The highest BCUT2D eigenvalue weighted by Gasteiger charge is 2.39. The molecule has 0 aliphatic heterocycles. The zero-order chi connectivity index (χ0) is 84.4. The van der Waals surface area contributed by atoms with Gasteiger partial charge in [-0.3, -0.25) is 0 Å². The molecule has 0 atom stereocenters. The second kappa shape index (κ2) is 24.6. The molecule has 0 amide bonds. The molecule has 0 fully saturated rings. The first-order valence-corrected chi connectivity index (χ1v) is 43.9. The molecule has 6 heterocycles. The number of nitrogens with zero attached hydrogens (tertiary/aromatic N) is 3. The normalized spacial score (nSPS) is 13.2. The second-order valence-electron chi connectivity index (χ2n) is 38.7. The Morgan fingerprint density at radius 3 is 0.573 bits per heavy atom. The fraction of sp³-hybridized carbons (Fsp3) is 0.368. The van der Waals surface area contributed by atoms with Crippen LogP contribution in [0.1, 0.15) is 250 Å². The molecule has 3 aliphatic rings. The zero-order valence-corrected chi connectivity index (χ0v) is 78.5. The van der Waals surface area contributed by atoms with Gasteiger partial charge in [-0.2, -0.15) is 0 Å². The van der Waals surface area contributed by atoms with Crippen LogP contribution in [0.5, 0.6) is 0 Å². The van der Waals surface area contributed by atoms with Crippen LogP contribution in [-0.2, 0) is 19.3 Å². The molecular weight excluding hydrogens is 1410 g/mol. The molecule has 0 bridgehead atoms. The molecule has 0 spiro atoms. The Balaban J connectivity index is 0.000000117. The van der Waals surface area contributed by atoms with E-state index < -0.39 is 0 Å². The van der Waals surface area contributed by atoms with E-state index in [2.05, 4.69) is 283 Å². The van der Waals surface area contributed by atoms with Crippen molar-refractivity contribution in [2.75, 3.05) is 0 Å². The lowest BCUT2D eigenvalue weighted by Gasteiger charge is -2.19. The summed E-state index contributed by atoms with van der Waals surface area (Å²) in [7, 11) is 0. The SMILES string of the molecule is Cc1c(C)c(C)c2c(c1C)Cc1c-2c(C)c(C)c2c1c1c(C)c(C)c(C)c3c4c(C)c(C)c(C)c(C)c4n2c31.Cc1c(C)c(C)c2c(c1C)Cc1c-2c(C)c2c(c1C)c1c(C)c(C)c(C)c3c4c(C)c(C)c(C)c(C)c4n2c31.Cc1c(C)c(C)c2c(c1C)Cc1c-2c(C)c2c3c(C)c(C)c(C)c4c5c(C)c(C)c(C)c(C)c5n(c2c1C)c43. The van der Waals surface area contributed by atoms with E-state index in [4.69, 9.17) is 0 Å². The number of hydrogen-bond acceptors (Lipinski definition) is 0. The Hall–Kier alpha value is -9.96. The van der Waals surface area contributed by atoms with Crippen LogP contribution in [0.15, 0.2) is 0 Å². The molecule has 117 heavy (non-hydrogen) atoms. The summed E-state index contributed by atoms with van der Waals surface area (Å²) in [6.45, 7) is 91.6. The van der Waals surface area contributed by atoms with Gasteiger partial charge in [-0.05, 0) is 573 Å². The summed E-state index contributed by atoms with van der Waals surface area (Å²) in [4.78, 5) is 0. The lowest BCUT2D eigenvalue weighted by Crippen LogP contribution is -1.99. The number of rotatable bonds is 0. The van der Waals surface area contributed by atoms with E-state index in [0.29, 0.717) is 0 Å². The maximum Gasteiger partial charge on any atom is 0.0626 e. The topological polar surface area (TPSA) is 13.2 Å². The molecule has 6 aromatic heterocycles. The monoisotopic (exact) mass is 1530 g/mol. The first-order chi connectivity index (χ1) is 55.0. The molecule has 594 valence electrons. The van der Waals surface area contributed by atoms with Crippen molar-refractivity contribution in [2.24, 2.45) is 0 Å². The van der Waals surface area contributed by atoms with E-state index in [1.807, 2.05) is 0 Å². The van der Waals surface area contributed by atoms with E-state index in [1.165, 1.54) is 365 Å². The van der Waals surface area contributed by atoms with Crippen LogP contribution in [0.2, 0.25) is 0 Å². The first kappa shape index (κ1) is 77.0. The van der Waals surface area contributed by atoms with Crippen molar-refractivity contribution >= 4 is 114 Å². The maximum absolute atomic E-state index is 2.70. The van der Waals surface area contributed by atoms with Gasteiger partial charge in [0.05, 0.1) is 49.7 Å². The number of aryl methyl sites for hydroxylation is 17. The predicted molar refractivity (Wildman–Crippen MR) is 513 cm³/mol. The van der Waals surface area contributed by atoms with E-state index >= 15 is 0 Å². The van der Waals surface area contributed by atoms with Crippen LogP contribution in [-0.4, -0.2) is 13.2 Å².